The highest BCUT2D eigenvalue weighted by molar-refractivity contribution is 6.36. The molecule has 0 aliphatic carbocycles. The third kappa shape index (κ3) is 6.05. The lowest BCUT2D eigenvalue weighted by Crippen LogP contribution is -2.07. The summed E-state index contributed by atoms with van der Waals surface area (Å²) in [6, 6.07) is 18.9. The van der Waals surface area contributed by atoms with Gasteiger partial charge in [0.2, 0.25) is 0 Å². The van der Waals surface area contributed by atoms with Gasteiger partial charge in [0.15, 0.2) is 11.5 Å². The first-order chi connectivity index (χ1) is 14.6. The molecular weight excluding hydrogens is 443 g/mol. The van der Waals surface area contributed by atoms with Gasteiger partial charge in [-0.15, -0.1) is 0 Å². The molecule has 0 fully saturated rings. The van der Waals surface area contributed by atoms with Crippen molar-refractivity contribution in [2.75, 3.05) is 6.61 Å². The third-order valence-electron chi connectivity index (χ3n) is 4.18. The van der Waals surface area contributed by atoms with Gasteiger partial charge in [-0.1, -0.05) is 71.2 Å². The second-order valence-electron chi connectivity index (χ2n) is 6.33. The molecule has 0 heterocycles. The van der Waals surface area contributed by atoms with Crippen LogP contribution in [-0.4, -0.2) is 12.8 Å². The van der Waals surface area contributed by atoms with Crippen LogP contribution in [0.4, 0.5) is 0 Å². The van der Waals surface area contributed by atoms with Gasteiger partial charge in [0.1, 0.15) is 6.61 Å². The number of rotatable bonds is 9. The minimum absolute atomic E-state index is 0.397. The molecule has 0 spiro atoms. The quantitative estimate of drug-likeness (QED) is 0.282. The van der Waals surface area contributed by atoms with E-state index in [1.54, 1.807) is 30.5 Å². The normalized spacial score (nSPS) is 10.9. The zero-order valence-corrected chi connectivity index (χ0v) is 18.6. The van der Waals surface area contributed by atoms with E-state index in [0.29, 0.717) is 46.3 Å². The molecule has 0 aliphatic rings. The summed E-state index contributed by atoms with van der Waals surface area (Å²) in [5.41, 5.74) is 5.55. The lowest BCUT2D eigenvalue weighted by Gasteiger charge is -2.14. The van der Waals surface area contributed by atoms with E-state index in [4.69, 9.17) is 44.3 Å². The minimum atomic E-state index is 0.397. The zero-order valence-electron chi connectivity index (χ0n) is 16.4. The number of ether oxygens (including phenoxy) is 2. The fourth-order valence-electron chi connectivity index (χ4n) is 2.74. The van der Waals surface area contributed by atoms with Gasteiger partial charge in [-0.3, -0.25) is 0 Å². The van der Waals surface area contributed by atoms with E-state index < -0.39 is 0 Å². The first-order valence-electron chi connectivity index (χ1n) is 9.40. The Morgan fingerprint density at radius 1 is 0.900 bits per heavy atom. The maximum Gasteiger partial charge on any atom is 0.180 e. The van der Waals surface area contributed by atoms with Gasteiger partial charge in [0.05, 0.1) is 24.4 Å². The van der Waals surface area contributed by atoms with Gasteiger partial charge in [-0.2, -0.15) is 5.10 Å². The number of nitrogens with one attached hydrogen (secondary N) is 1. The standard InChI is InChI=1S/C23H21Cl3N2O2/c1-2-29-22-12-17(13-27-28-14-18-19(24)9-6-10-20(18)25)11-21(26)23(22)30-15-16-7-4-3-5-8-16/h3-13,28H,2,14-15H2,1H3/b27-13-. The van der Waals surface area contributed by atoms with Crippen LogP contribution in [0, 0.1) is 0 Å². The average Bonchev–Trinajstić information content (AvgIpc) is 2.73. The van der Waals surface area contributed by atoms with Crippen LogP contribution in [-0.2, 0) is 13.2 Å². The number of hydrazone groups is 1. The second-order valence-corrected chi connectivity index (χ2v) is 7.55. The Balaban J connectivity index is 1.70. The van der Waals surface area contributed by atoms with Crippen LogP contribution in [0.15, 0.2) is 65.8 Å². The summed E-state index contributed by atoms with van der Waals surface area (Å²) in [7, 11) is 0. The molecule has 0 bridgehead atoms. The highest BCUT2D eigenvalue weighted by atomic mass is 35.5. The summed E-state index contributed by atoms with van der Waals surface area (Å²) < 4.78 is 11.7. The van der Waals surface area contributed by atoms with E-state index in [1.807, 2.05) is 43.3 Å². The largest absolute Gasteiger partial charge is 0.490 e. The van der Waals surface area contributed by atoms with Gasteiger partial charge in [0.25, 0.3) is 0 Å². The third-order valence-corrected chi connectivity index (χ3v) is 5.17. The van der Waals surface area contributed by atoms with E-state index in [-0.39, 0.29) is 0 Å². The number of halogens is 3. The van der Waals surface area contributed by atoms with Crippen LogP contribution >= 0.6 is 34.8 Å². The van der Waals surface area contributed by atoms with Crippen molar-refractivity contribution >= 4 is 41.0 Å². The van der Waals surface area contributed by atoms with E-state index in [1.165, 1.54) is 0 Å². The van der Waals surface area contributed by atoms with Crippen LogP contribution < -0.4 is 14.9 Å². The Hall–Kier alpha value is -2.40. The molecule has 3 rings (SSSR count). The number of benzene rings is 3. The van der Waals surface area contributed by atoms with Crippen molar-refractivity contribution < 1.29 is 9.47 Å². The minimum Gasteiger partial charge on any atom is -0.490 e. The van der Waals surface area contributed by atoms with E-state index >= 15 is 0 Å². The number of nitrogens with zero attached hydrogens (tertiary/aromatic N) is 1. The molecular formula is C23H21Cl3N2O2. The monoisotopic (exact) mass is 462 g/mol. The van der Waals surface area contributed by atoms with Gasteiger partial charge in [0, 0.05) is 15.6 Å². The first-order valence-corrected chi connectivity index (χ1v) is 10.5. The maximum absolute atomic E-state index is 6.46. The molecule has 0 aromatic heterocycles. The Bertz CT molecular complexity index is 991. The summed E-state index contributed by atoms with van der Waals surface area (Å²) >= 11 is 18.8. The summed E-state index contributed by atoms with van der Waals surface area (Å²) in [6.45, 7) is 3.19. The topological polar surface area (TPSA) is 42.8 Å². The van der Waals surface area contributed by atoms with Crippen LogP contribution in [0.25, 0.3) is 0 Å². The molecule has 0 radical (unpaired) electrons. The number of hydrogen-bond donors (Lipinski definition) is 1. The van der Waals surface area contributed by atoms with Crippen molar-refractivity contribution in [1.82, 2.24) is 5.43 Å². The van der Waals surface area contributed by atoms with Crippen molar-refractivity contribution in [2.45, 2.75) is 20.1 Å². The molecule has 1 N–H and O–H groups in total. The van der Waals surface area contributed by atoms with Crippen molar-refractivity contribution in [3.05, 3.63) is 92.4 Å². The predicted molar refractivity (Wildman–Crippen MR) is 124 cm³/mol. The number of hydrogen-bond acceptors (Lipinski definition) is 4. The van der Waals surface area contributed by atoms with Gasteiger partial charge in [-0.05, 0) is 42.3 Å². The van der Waals surface area contributed by atoms with Crippen molar-refractivity contribution in [3.8, 4) is 11.5 Å². The lowest BCUT2D eigenvalue weighted by molar-refractivity contribution is 0.269. The smallest absolute Gasteiger partial charge is 0.180 e. The van der Waals surface area contributed by atoms with Crippen molar-refractivity contribution in [2.24, 2.45) is 5.10 Å². The average molecular weight is 464 g/mol. The summed E-state index contributed by atoms with van der Waals surface area (Å²) in [5, 5.41) is 5.87. The molecule has 0 saturated heterocycles. The van der Waals surface area contributed by atoms with E-state index in [2.05, 4.69) is 10.5 Å². The molecule has 3 aromatic rings. The molecule has 4 nitrogen and oxygen atoms in total. The Kier molecular flexibility index (Phi) is 8.26. The molecule has 3 aromatic carbocycles. The van der Waals surface area contributed by atoms with E-state index in [9.17, 15) is 0 Å². The second kappa shape index (κ2) is 11.1. The molecule has 0 atom stereocenters. The van der Waals surface area contributed by atoms with Crippen molar-refractivity contribution in [1.29, 1.82) is 0 Å². The Morgan fingerprint density at radius 2 is 1.63 bits per heavy atom. The highest BCUT2D eigenvalue weighted by Gasteiger charge is 2.12. The van der Waals surface area contributed by atoms with Crippen LogP contribution in [0.3, 0.4) is 0 Å². The fourth-order valence-corrected chi connectivity index (χ4v) is 3.55. The first kappa shape index (κ1) is 22.3. The zero-order chi connectivity index (χ0) is 21.3. The maximum atomic E-state index is 6.46. The Morgan fingerprint density at radius 3 is 2.33 bits per heavy atom. The van der Waals surface area contributed by atoms with Crippen LogP contribution in [0.5, 0.6) is 11.5 Å². The van der Waals surface area contributed by atoms with Crippen molar-refractivity contribution in [3.63, 3.8) is 0 Å². The highest BCUT2D eigenvalue weighted by Crippen LogP contribution is 2.37. The van der Waals surface area contributed by atoms with E-state index in [0.717, 1.165) is 16.7 Å². The van der Waals surface area contributed by atoms with Crippen LogP contribution in [0.1, 0.15) is 23.6 Å². The molecule has 0 aliphatic heterocycles. The lowest BCUT2D eigenvalue weighted by atomic mass is 10.2. The van der Waals surface area contributed by atoms with Gasteiger partial charge in [-0.25, -0.2) is 0 Å². The predicted octanol–water partition coefficient (Wildman–Crippen LogP) is 6.75. The summed E-state index contributed by atoms with van der Waals surface area (Å²) in [6.07, 6.45) is 1.65. The molecule has 7 heteroatoms. The Labute approximate surface area is 191 Å². The van der Waals surface area contributed by atoms with Gasteiger partial charge >= 0.3 is 0 Å². The molecule has 30 heavy (non-hydrogen) atoms. The summed E-state index contributed by atoms with van der Waals surface area (Å²) in [5.74, 6) is 1.08. The van der Waals surface area contributed by atoms with Gasteiger partial charge < -0.3 is 14.9 Å². The SMILES string of the molecule is CCOc1cc(/C=N\NCc2c(Cl)cccc2Cl)cc(Cl)c1OCc1ccccc1. The molecule has 156 valence electrons. The molecule has 0 amide bonds. The van der Waals surface area contributed by atoms with Crippen LogP contribution in [0.2, 0.25) is 15.1 Å². The fraction of sp³-hybridized carbons (Fsp3) is 0.174. The summed E-state index contributed by atoms with van der Waals surface area (Å²) in [4.78, 5) is 0. The molecule has 0 saturated carbocycles. The molecule has 0 unspecified atom stereocenters.